The fourth-order valence-corrected chi connectivity index (χ4v) is 5.84. The molecule has 0 unspecified atom stereocenters. The zero-order valence-electron chi connectivity index (χ0n) is 30.9. The average molecular weight is 670 g/mol. The average Bonchev–Trinajstić information content (AvgIpc) is 3.07. The number of ether oxygens (including phenoxy) is 2. The number of nitrogens with one attached hydrogen (secondary N) is 2. The fraction of sp³-hybridized carbons (Fsp3) is 0.439. The number of esters is 1. The van der Waals surface area contributed by atoms with Crippen molar-refractivity contribution in [2.75, 3.05) is 14.1 Å². The lowest BCUT2D eigenvalue weighted by Crippen LogP contribution is -2.61. The second-order valence-corrected chi connectivity index (χ2v) is 14.6. The molecule has 49 heavy (non-hydrogen) atoms. The third-order valence-corrected chi connectivity index (χ3v) is 8.95. The van der Waals surface area contributed by atoms with E-state index >= 15 is 0 Å². The van der Waals surface area contributed by atoms with Gasteiger partial charge < -0.3 is 25.0 Å². The summed E-state index contributed by atoms with van der Waals surface area (Å²) in [6.07, 6.45) is 1.78. The number of rotatable bonds is 15. The van der Waals surface area contributed by atoms with Crippen LogP contribution >= 0.6 is 0 Å². The first-order chi connectivity index (χ1) is 23.1. The number of benzene rings is 3. The van der Waals surface area contributed by atoms with Gasteiger partial charge in [-0.3, -0.25) is 9.59 Å². The van der Waals surface area contributed by atoms with Crippen LogP contribution < -0.4 is 15.4 Å². The molecule has 3 aromatic carbocycles. The van der Waals surface area contributed by atoms with Crippen LogP contribution in [0.4, 0.5) is 0 Å². The highest BCUT2D eigenvalue weighted by atomic mass is 16.5. The quantitative estimate of drug-likeness (QED) is 0.136. The topological polar surface area (TPSA) is 97.0 Å². The highest BCUT2D eigenvalue weighted by Crippen LogP contribution is 2.29. The van der Waals surface area contributed by atoms with E-state index in [1.807, 2.05) is 133 Å². The molecule has 0 fully saturated rings. The predicted octanol–water partition coefficient (Wildman–Crippen LogP) is 6.83. The predicted molar refractivity (Wildman–Crippen MR) is 196 cm³/mol. The van der Waals surface area contributed by atoms with E-state index in [-0.39, 0.29) is 24.3 Å². The van der Waals surface area contributed by atoms with E-state index in [0.717, 1.165) is 22.4 Å². The number of hydrogen-bond acceptors (Lipinski definition) is 6. The van der Waals surface area contributed by atoms with Crippen molar-refractivity contribution in [3.05, 3.63) is 113 Å². The first-order valence-electron chi connectivity index (χ1n) is 17.0. The summed E-state index contributed by atoms with van der Waals surface area (Å²) in [5.74, 6) is -0.243. The maximum absolute atomic E-state index is 14.2. The molecule has 0 aliphatic carbocycles. The van der Waals surface area contributed by atoms with Gasteiger partial charge in [0.15, 0.2) is 0 Å². The van der Waals surface area contributed by atoms with Crippen molar-refractivity contribution >= 4 is 17.8 Å². The number of carbonyl (C=O) groups is 3. The number of hydrogen-bond donors (Lipinski definition) is 2. The molecule has 3 aromatic rings. The molecular formula is C41H55N3O5. The van der Waals surface area contributed by atoms with Crippen molar-refractivity contribution in [1.82, 2.24) is 15.5 Å². The van der Waals surface area contributed by atoms with Crippen LogP contribution in [0.25, 0.3) is 0 Å². The van der Waals surface area contributed by atoms with Crippen LogP contribution in [0.1, 0.15) is 72.1 Å². The van der Waals surface area contributed by atoms with E-state index in [1.54, 1.807) is 32.0 Å². The monoisotopic (exact) mass is 669 g/mol. The molecular weight excluding hydrogens is 614 g/mol. The first-order valence-corrected chi connectivity index (χ1v) is 17.0. The zero-order valence-corrected chi connectivity index (χ0v) is 30.9. The van der Waals surface area contributed by atoms with E-state index in [0.29, 0.717) is 12.2 Å². The van der Waals surface area contributed by atoms with Crippen LogP contribution in [-0.2, 0) is 37.7 Å². The third-order valence-electron chi connectivity index (χ3n) is 8.95. The van der Waals surface area contributed by atoms with E-state index in [1.165, 1.54) is 0 Å². The lowest BCUT2D eigenvalue weighted by atomic mass is 9.76. The molecule has 0 bridgehead atoms. The van der Waals surface area contributed by atoms with Gasteiger partial charge in [0.25, 0.3) is 0 Å². The van der Waals surface area contributed by atoms with E-state index < -0.39 is 34.9 Å². The zero-order chi connectivity index (χ0) is 36.4. The van der Waals surface area contributed by atoms with Gasteiger partial charge >= 0.3 is 5.97 Å². The Hall–Kier alpha value is -4.43. The highest BCUT2D eigenvalue weighted by Gasteiger charge is 2.41. The molecule has 3 rings (SSSR count). The van der Waals surface area contributed by atoms with Crippen LogP contribution in [0.15, 0.2) is 96.6 Å². The van der Waals surface area contributed by atoms with Crippen molar-refractivity contribution < 1.29 is 23.9 Å². The molecule has 0 aliphatic rings. The van der Waals surface area contributed by atoms with Crippen molar-refractivity contribution in [3.63, 3.8) is 0 Å². The lowest BCUT2D eigenvalue weighted by molar-refractivity contribution is -0.141. The van der Waals surface area contributed by atoms with Crippen molar-refractivity contribution in [2.45, 2.75) is 92.1 Å². The van der Waals surface area contributed by atoms with Gasteiger partial charge in [-0.1, -0.05) is 127 Å². The number of carbonyl (C=O) groups excluding carboxylic acids is 3. The molecule has 8 heteroatoms. The Morgan fingerprint density at radius 2 is 1.35 bits per heavy atom. The summed E-state index contributed by atoms with van der Waals surface area (Å²) >= 11 is 0. The fourth-order valence-electron chi connectivity index (χ4n) is 5.84. The largest absolute Gasteiger partial charge is 0.489 e. The van der Waals surface area contributed by atoms with E-state index in [4.69, 9.17) is 9.47 Å². The van der Waals surface area contributed by atoms with Crippen molar-refractivity contribution in [2.24, 2.45) is 11.3 Å². The summed E-state index contributed by atoms with van der Waals surface area (Å²) in [5.41, 5.74) is 2.20. The van der Waals surface area contributed by atoms with Gasteiger partial charge in [0, 0.05) is 18.0 Å². The molecule has 8 nitrogen and oxygen atoms in total. The molecule has 3 atom stereocenters. The number of amides is 2. The maximum Gasteiger partial charge on any atom is 0.333 e. The van der Waals surface area contributed by atoms with Crippen LogP contribution in [0.5, 0.6) is 5.75 Å². The second kappa shape index (κ2) is 17.3. The van der Waals surface area contributed by atoms with E-state index in [9.17, 15) is 14.4 Å². The smallest absolute Gasteiger partial charge is 0.333 e. The molecule has 0 aliphatic heterocycles. The van der Waals surface area contributed by atoms with Crippen molar-refractivity contribution in [3.8, 4) is 5.75 Å². The Morgan fingerprint density at radius 1 is 0.796 bits per heavy atom. The molecule has 2 N–H and O–H groups in total. The van der Waals surface area contributed by atoms with Gasteiger partial charge in [0.2, 0.25) is 11.8 Å². The molecule has 0 spiro atoms. The Labute approximate surface area is 293 Å². The summed E-state index contributed by atoms with van der Waals surface area (Å²) in [6, 6.07) is 25.4. The summed E-state index contributed by atoms with van der Waals surface area (Å²) in [5, 5.41) is 6.26. The molecule has 0 saturated carbocycles. The molecule has 0 aromatic heterocycles. The molecule has 264 valence electrons. The Morgan fingerprint density at radius 3 is 1.88 bits per heavy atom. The Kier molecular flexibility index (Phi) is 13.8. The lowest BCUT2D eigenvalue weighted by Gasteiger charge is -2.40. The maximum atomic E-state index is 14.2. The van der Waals surface area contributed by atoms with Gasteiger partial charge in [0.1, 0.15) is 25.0 Å². The van der Waals surface area contributed by atoms with Gasteiger partial charge in [-0.05, 0) is 54.1 Å². The molecule has 0 heterocycles. The van der Waals surface area contributed by atoms with Crippen LogP contribution in [0.3, 0.4) is 0 Å². The van der Waals surface area contributed by atoms with Gasteiger partial charge in [0.05, 0.1) is 12.1 Å². The molecule has 2 amide bonds. The second-order valence-electron chi connectivity index (χ2n) is 14.6. The Bertz CT molecular complexity index is 1540. The van der Waals surface area contributed by atoms with E-state index in [2.05, 4.69) is 10.6 Å². The van der Waals surface area contributed by atoms with Crippen LogP contribution in [0, 0.1) is 11.3 Å². The van der Waals surface area contributed by atoms with Crippen LogP contribution in [0.2, 0.25) is 0 Å². The van der Waals surface area contributed by atoms with Gasteiger partial charge in [-0.2, -0.15) is 0 Å². The summed E-state index contributed by atoms with van der Waals surface area (Å²) in [4.78, 5) is 42.7. The van der Waals surface area contributed by atoms with Gasteiger partial charge in [-0.15, -0.1) is 0 Å². The van der Waals surface area contributed by atoms with Gasteiger partial charge in [-0.25, -0.2) is 4.79 Å². The minimum atomic E-state index is -0.811. The SMILES string of the molecule is CN[C@H](C(=O)N[C@H](C(=O)N(C)[C@@H](/C=C(\C)C(=O)OCc1ccc(OCc2ccccc2)cc1)C(C)C)C(C)(C)C)C(C)(C)c1ccccc1. The normalized spacial score (nSPS) is 14.1. The number of likely N-dealkylation sites (N-methyl/N-ethyl adjacent to an activating group) is 2. The third kappa shape index (κ3) is 10.8. The summed E-state index contributed by atoms with van der Waals surface area (Å²) in [6.45, 7) is 16.1. The molecule has 0 saturated heterocycles. The summed E-state index contributed by atoms with van der Waals surface area (Å²) < 4.78 is 11.5. The minimum absolute atomic E-state index is 0.0153. The highest BCUT2D eigenvalue weighted by molar-refractivity contribution is 5.92. The minimum Gasteiger partial charge on any atom is -0.489 e. The standard InChI is InChI=1S/C41H55N3O5/c1-28(2)34(25-29(3)39(47)49-27-31-21-23-33(24-22-31)48-26-30-17-13-11-14-18-30)44(10)38(46)36(40(4,5)6)43-37(45)35(42-9)41(7,8)32-19-15-12-16-20-32/h11-25,28,34-36,42H,26-27H2,1-10H3,(H,43,45)/b29-25+/t34-,35+,36+/m0/s1. The number of nitrogens with zero attached hydrogens (tertiary/aromatic N) is 1. The van der Waals surface area contributed by atoms with Crippen LogP contribution in [-0.4, -0.2) is 54.9 Å². The van der Waals surface area contributed by atoms with Crippen molar-refractivity contribution in [1.29, 1.82) is 0 Å². The summed E-state index contributed by atoms with van der Waals surface area (Å²) in [7, 11) is 3.48. The Balaban J connectivity index is 1.68. The molecule has 0 radical (unpaired) electrons. The first kappa shape index (κ1) is 39.0.